The normalized spacial score (nSPS) is 23.3. The summed E-state index contributed by atoms with van der Waals surface area (Å²) in [7, 11) is -4.23. The molecule has 1 amide bonds. The summed E-state index contributed by atoms with van der Waals surface area (Å²) in [5.41, 5.74) is 0. The van der Waals surface area contributed by atoms with Crippen LogP contribution in [0.15, 0.2) is 34.5 Å². The molecule has 2 fully saturated rings. The Morgan fingerprint density at radius 3 is 2.56 bits per heavy atom. The van der Waals surface area contributed by atoms with Gasteiger partial charge in [-0.2, -0.15) is 4.31 Å². The van der Waals surface area contributed by atoms with Gasteiger partial charge in [-0.1, -0.05) is 18.2 Å². The summed E-state index contributed by atoms with van der Waals surface area (Å²) in [6, 6.07) is 8.01. The average Bonchev–Trinajstić information content (AvgIpc) is 3.24. The molecule has 1 unspecified atom stereocenters. The molecular weight excluding hydrogens is 498 g/mol. The second kappa shape index (κ2) is 10.1. The van der Waals surface area contributed by atoms with Gasteiger partial charge < -0.3 is 14.9 Å². The van der Waals surface area contributed by atoms with Gasteiger partial charge in [0.2, 0.25) is 5.91 Å². The van der Waals surface area contributed by atoms with E-state index in [9.17, 15) is 23.1 Å². The van der Waals surface area contributed by atoms with Crippen molar-refractivity contribution in [2.75, 3.05) is 26.2 Å². The van der Waals surface area contributed by atoms with Crippen LogP contribution in [0, 0.1) is 0 Å². The summed E-state index contributed by atoms with van der Waals surface area (Å²) in [5.74, 6) is -1.67. The largest absolute Gasteiger partial charge is 0.480 e. The zero-order valence-corrected chi connectivity index (χ0v) is 21.7. The number of amides is 1. The number of carboxylic acids is 1. The molecule has 2 atom stereocenters. The van der Waals surface area contributed by atoms with Crippen molar-refractivity contribution < 1.29 is 23.1 Å². The lowest BCUT2D eigenvalue weighted by Crippen LogP contribution is -2.61. The third-order valence-electron chi connectivity index (χ3n) is 6.72. The molecule has 0 aliphatic carbocycles. The number of hydrogen-bond acceptors (Lipinski definition) is 6. The number of nitrogens with zero attached hydrogens (tertiary/aromatic N) is 3. The highest BCUT2D eigenvalue weighted by Gasteiger charge is 2.46. The number of aliphatic carboxylic acids is 1. The number of carbonyl (C=O) groups excluding carboxylic acids is 1. The van der Waals surface area contributed by atoms with E-state index in [2.05, 4.69) is 18.7 Å². The summed E-state index contributed by atoms with van der Waals surface area (Å²) in [5, 5.41) is 9.84. The lowest BCUT2D eigenvalue weighted by Gasteiger charge is -2.45. The summed E-state index contributed by atoms with van der Waals surface area (Å²) in [4.78, 5) is 29.4. The van der Waals surface area contributed by atoms with E-state index in [4.69, 9.17) is 11.6 Å². The molecule has 2 aliphatic heterocycles. The van der Waals surface area contributed by atoms with Gasteiger partial charge in [0.1, 0.15) is 16.8 Å². The van der Waals surface area contributed by atoms with Crippen molar-refractivity contribution in [2.45, 2.75) is 60.8 Å². The summed E-state index contributed by atoms with van der Waals surface area (Å²) >= 11 is 7.61. The number of halogens is 1. The number of benzene rings is 1. The van der Waals surface area contributed by atoms with Crippen molar-refractivity contribution in [3.63, 3.8) is 0 Å². The number of alkyl halides is 1. The molecule has 34 heavy (non-hydrogen) atoms. The van der Waals surface area contributed by atoms with Crippen LogP contribution in [0.4, 0.5) is 0 Å². The minimum absolute atomic E-state index is 0.0243. The first-order valence-electron chi connectivity index (χ1n) is 11.5. The molecule has 0 spiro atoms. The zero-order chi connectivity index (χ0) is 24.6. The Labute approximate surface area is 209 Å². The molecule has 3 heterocycles. The number of rotatable bonds is 7. The van der Waals surface area contributed by atoms with Crippen LogP contribution in [0.25, 0.3) is 10.1 Å². The van der Waals surface area contributed by atoms with Gasteiger partial charge in [0.05, 0.1) is 5.38 Å². The van der Waals surface area contributed by atoms with Crippen molar-refractivity contribution in [3.8, 4) is 0 Å². The minimum Gasteiger partial charge on any atom is -0.480 e. The number of hydrogen-bond donors (Lipinski definition) is 1. The Balaban J connectivity index is 1.63. The highest BCUT2D eigenvalue weighted by atomic mass is 35.5. The fourth-order valence-corrected chi connectivity index (χ4v) is 8.28. The molecule has 0 saturated carbocycles. The predicted octanol–water partition coefficient (Wildman–Crippen LogP) is 3.06. The quantitative estimate of drug-likeness (QED) is 0.556. The Hall–Kier alpha value is -1.72. The number of carboxylic acid groups (broad SMARTS) is 1. The van der Waals surface area contributed by atoms with E-state index < -0.39 is 34.0 Å². The van der Waals surface area contributed by atoms with E-state index in [1.165, 1.54) is 6.07 Å². The van der Waals surface area contributed by atoms with Crippen LogP contribution < -0.4 is 0 Å². The molecule has 8 nitrogen and oxygen atoms in total. The highest BCUT2D eigenvalue weighted by molar-refractivity contribution is 7.91. The first-order chi connectivity index (χ1) is 16.1. The van der Waals surface area contributed by atoms with Crippen molar-refractivity contribution in [1.29, 1.82) is 0 Å². The van der Waals surface area contributed by atoms with Gasteiger partial charge >= 0.3 is 5.97 Å². The van der Waals surface area contributed by atoms with Gasteiger partial charge in [0.25, 0.3) is 10.0 Å². The van der Waals surface area contributed by atoms with Gasteiger partial charge in [-0.15, -0.1) is 22.9 Å². The maximum absolute atomic E-state index is 13.6. The van der Waals surface area contributed by atoms with Crippen LogP contribution in [0.2, 0.25) is 0 Å². The third-order valence-corrected chi connectivity index (χ3v) is 10.5. The Bertz CT molecular complexity index is 1130. The van der Waals surface area contributed by atoms with Crippen molar-refractivity contribution in [2.24, 2.45) is 0 Å². The molecule has 0 bridgehead atoms. The van der Waals surface area contributed by atoms with E-state index in [1.54, 1.807) is 11.0 Å². The smallest absolute Gasteiger partial charge is 0.318 e. The molecule has 1 N–H and O–H groups in total. The second-order valence-corrected chi connectivity index (χ2v) is 13.1. The second-order valence-electron chi connectivity index (χ2n) is 9.25. The van der Waals surface area contributed by atoms with Gasteiger partial charge in [-0.3, -0.25) is 9.59 Å². The van der Waals surface area contributed by atoms with E-state index in [1.807, 2.05) is 18.2 Å². The number of carbonyl (C=O) groups is 2. The first-order valence-corrected chi connectivity index (χ1v) is 14.2. The molecule has 1 aromatic heterocycles. The van der Waals surface area contributed by atoms with Crippen LogP contribution >= 0.6 is 22.9 Å². The zero-order valence-electron chi connectivity index (χ0n) is 19.3. The van der Waals surface area contributed by atoms with Gasteiger partial charge in [-0.05, 0) is 50.6 Å². The number of fused-ring (bicyclic) bond motifs is 1. The lowest BCUT2D eigenvalue weighted by atomic mass is 9.96. The maximum atomic E-state index is 13.6. The standard InChI is InChI=1S/C23H30ClN3O5S2/c1-15(2)25-9-7-18(8-10-25)26-13-17(24)12-19(23(26)30)27(14-21(28)29)34(31,32)22-11-16-5-3-4-6-20(16)33-22/h3-6,11,15,17-19H,7-10,12-14H2,1-2H3,(H,28,29)/t17-,19?/m0/s1. The highest BCUT2D eigenvalue weighted by Crippen LogP contribution is 2.34. The number of piperidine rings is 2. The lowest BCUT2D eigenvalue weighted by molar-refractivity contribution is -0.144. The summed E-state index contributed by atoms with van der Waals surface area (Å²) in [6.07, 6.45) is 1.64. The maximum Gasteiger partial charge on any atom is 0.318 e. The van der Waals surface area contributed by atoms with Gasteiger partial charge in [0, 0.05) is 36.4 Å². The van der Waals surface area contributed by atoms with Crippen LogP contribution in [0.1, 0.15) is 33.1 Å². The number of likely N-dealkylation sites (tertiary alicyclic amines) is 2. The molecule has 1 aromatic carbocycles. The van der Waals surface area contributed by atoms with Gasteiger partial charge in [0.15, 0.2) is 0 Å². The van der Waals surface area contributed by atoms with Crippen LogP contribution in [-0.2, 0) is 19.6 Å². The van der Waals surface area contributed by atoms with Crippen molar-refractivity contribution in [3.05, 3.63) is 30.3 Å². The van der Waals surface area contributed by atoms with Crippen molar-refractivity contribution in [1.82, 2.24) is 14.1 Å². The predicted molar refractivity (Wildman–Crippen MR) is 133 cm³/mol. The molecule has 186 valence electrons. The molecule has 2 saturated heterocycles. The third kappa shape index (κ3) is 5.11. The average molecular weight is 528 g/mol. The Kier molecular flexibility index (Phi) is 7.54. The molecule has 4 rings (SSSR count). The van der Waals surface area contributed by atoms with E-state index in [-0.39, 0.29) is 22.6 Å². The number of sulfonamides is 1. The fraction of sp³-hybridized carbons (Fsp3) is 0.565. The Morgan fingerprint density at radius 2 is 1.94 bits per heavy atom. The first kappa shape index (κ1) is 25.4. The van der Waals surface area contributed by atoms with E-state index >= 15 is 0 Å². The molecule has 11 heteroatoms. The molecular formula is C23H30ClN3O5S2. The van der Waals surface area contributed by atoms with E-state index in [0.29, 0.717) is 12.6 Å². The topological polar surface area (TPSA) is 98.2 Å². The Morgan fingerprint density at radius 1 is 1.26 bits per heavy atom. The minimum atomic E-state index is -4.23. The van der Waals surface area contributed by atoms with Crippen LogP contribution in [0.5, 0.6) is 0 Å². The van der Waals surface area contributed by atoms with Crippen LogP contribution in [-0.4, -0.2) is 89.2 Å². The molecule has 2 aliphatic rings. The van der Waals surface area contributed by atoms with E-state index in [0.717, 1.165) is 51.7 Å². The van der Waals surface area contributed by atoms with Crippen molar-refractivity contribution >= 4 is 54.9 Å². The van der Waals surface area contributed by atoms with Crippen LogP contribution in [0.3, 0.4) is 0 Å². The monoisotopic (exact) mass is 527 g/mol. The fourth-order valence-electron chi connectivity index (χ4n) is 4.89. The van der Waals surface area contributed by atoms with Gasteiger partial charge in [-0.25, -0.2) is 8.42 Å². The summed E-state index contributed by atoms with van der Waals surface area (Å²) < 4.78 is 28.9. The molecule has 2 aromatic rings. The summed E-state index contributed by atoms with van der Waals surface area (Å²) in [6.45, 7) is 5.52. The molecule has 0 radical (unpaired) electrons. The number of thiophene rings is 1. The SMILES string of the molecule is CC(C)N1CCC(N2C[C@@H](Cl)CC(N(CC(=O)O)S(=O)(=O)c3cc4ccccc4s3)C2=O)CC1.